The molecule has 0 bridgehead atoms. The highest BCUT2D eigenvalue weighted by atomic mass is 16.3. The van der Waals surface area contributed by atoms with Gasteiger partial charge in [-0.15, -0.1) is 4.91 Å². The number of fused-ring (bicyclic) bond motifs is 1. The Morgan fingerprint density at radius 2 is 2.30 bits per heavy atom. The SMILES string of the molecule is O=Nc1c[nH]c2cc[nH]c12. The molecule has 0 amide bonds. The van der Waals surface area contributed by atoms with Gasteiger partial charge in [0, 0.05) is 12.4 Å². The molecule has 2 heterocycles. The van der Waals surface area contributed by atoms with E-state index >= 15 is 0 Å². The molecule has 50 valence electrons. The topological polar surface area (TPSA) is 61.0 Å². The Morgan fingerprint density at radius 1 is 1.40 bits per heavy atom. The Balaban J connectivity index is 2.88. The lowest BCUT2D eigenvalue weighted by Crippen LogP contribution is -1.56. The van der Waals surface area contributed by atoms with Crippen LogP contribution in [0, 0.1) is 4.91 Å². The lowest BCUT2D eigenvalue weighted by atomic mass is 10.4. The van der Waals surface area contributed by atoms with Gasteiger partial charge in [0.15, 0.2) is 0 Å². The van der Waals surface area contributed by atoms with Crippen molar-refractivity contribution in [1.82, 2.24) is 9.97 Å². The molecule has 0 spiro atoms. The number of H-pyrrole nitrogens is 2. The van der Waals surface area contributed by atoms with Crippen molar-refractivity contribution in [3.8, 4) is 0 Å². The van der Waals surface area contributed by atoms with Crippen LogP contribution in [-0.2, 0) is 0 Å². The number of nitroso groups, excluding NO2 is 1. The summed E-state index contributed by atoms with van der Waals surface area (Å²) in [4.78, 5) is 15.9. The van der Waals surface area contributed by atoms with Crippen LogP contribution in [0.2, 0.25) is 0 Å². The summed E-state index contributed by atoms with van der Waals surface area (Å²) in [7, 11) is 0. The van der Waals surface area contributed by atoms with Gasteiger partial charge < -0.3 is 9.97 Å². The van der Waals surface area contributed by atoms with Crippen LogP contribution in [0.5, 0.6) is 0 Å². The average molecular weight is 135 g/mol. The van der Waals surface area contributed by atoms with Crippen molar-refractivity contribution in [3.05, 3.63) is 23.4 Å². The van der Waals surface area contributed by atoms with Crippen LogP contribution in [0.25, 0.3) is 11.0 Å². The molecule has 0 saturated carbocycles. The number of hydrogen-bond donors (Lipinski definition) is 2. The van der Waals surface area contributed by atoms with Crippen LogP contribution in [0.4, 0.5) is 5.69 Å². The van der Waals surface area contributed by atoms with Crippen molar-refractivity contribution in [2.24, 2.45) is 5.18 Å². The van der Waals surface area contributed by atoms with E-state index in [0.717, 1.165) is 11.0 Å². The van der Waals surface area contributed by atoms with Gasteiger partial charge in [-0.25, -0.2) is 0 Å². The maximum atomic E-state index is 10.1. The Hall–Kier alpha value is -1.58. The Labute approximate surface area is 56.2 Å². The van der Waals surface area contributed by atoms with Crippen molar-refractivity contribution >= 4 is 16.7 Å². The fourth-order valence-corrected chi connectivity index (χ4v) is 0.992. The standard InChI is InChI=1S/C6H5N3O/c10-9-5-3-8-4-1-2-7-6(4)5/h1-3,7-8H. The Morgan fingerprint density at radius 3 is 3.10 bits per heavy atom. The molecule has 0 radical (unpaired) electrons. The van der Waals surface area contributed by atoms with E-state index in [1.165, 1.54) is 0 Å². The van der Waals surface area contributed by atoms with Crippen LogP contribution in [0.3, 0.4) is 0 Å². The van der Waals surface area contributed by atoms with Crippen LogP contribution >= 0.6 is 0 Å². The molecule has 0 atom stereocenters. The van der Waals surface area contributed by atoms with Crippen molar-refractivity contribution < 1.29 is 0 Å². The summed E-state index contributed by atoms with van der Waals surface area (Å²) in [6.45, 7) is 0. The molecule has 0 aliphatic rings. The highest BCUT2D eigenvalue weighted by Crippen LogP contribution is 2.22. The Kier molecular flexibility index (Phi) is 0.887. The predicted octanol–water partition coefficient (Wildman–Crippen LogP) is 1.89. The van der Waals surface area contributed by atoms with Crippen molar-refractivity contribution in [2.45, 2.75) is 0 Å². The van der Waals surface area contributed by atoms with Crippen LogP contribution in [-0.4, -0.2) is 9.97 Å². The second-order valence-electron chi connectivity index (χ2n) is 2.03. The zero-order valence-corrected chi connectivity index (χ0v) is 5.09. The third-order valence-corrected chi connectivity index (χ3v) is 1.47. The molecule has 2 N–H and O–H groups in total. The largest absolute Gasteiger partial charge is 0.358 e. The lowest BCUT2D eigenvalue weighted by molar-refractivity contribution is 1.41. The maximum absolute atomic E-state index is 10.1. The minimum absolute atomic E-state index is 0.431. The molecule has 10 heavy (non-hydrogen) atoms. The maximum Gasteiger partial charge on any atom is 0.149 e. The third-order valence-electron chi connectivity index (χ3n) is 1.47. The molecular formula is C6H5N3O. The lowest BCUT2D eigenvalue weighted by Gasteiger charge is -1.75. The molecule has 2 rings (SSSR count). The molecule has 4 heteroatoms. The summed E-state index contributed by atoms with van der Waals surface area (Å²) in [5.74, 6) is 0. The summed E-state index contributed by atoms with van der Waals surface area (Å²) in [5, 5.41) is 2.82. The molecule has 0 saturated heterocycles. The van der Waals surface area contributed by atoms with Gasteiger partial charge in [0.1, 0.15) is 5.69 Å². The highest BCUT2D eigenvalue weighted by molar-refractivity contribution is 5.87. The fourth-order valence-electron chi connectivity index (χ4n) is 0.992. The summed E-state index contributed by atoms with van der Waals surface area (Å²) < 4.78 is 0. The Bertz CT molecular complexity index is 360. The van der Waals surface area contributed by atoms with E-state index < -0.39 is 0 Å². The van der Waals surface area contributed by atoms with Crippen LogP contribution in [0.1, 0.15) is 0 Å². The normalized spacial score (nSPS) is 10.4. The van der Waals surface area contributed by atoms with Gasteiger partial charge in [-0.3, -0.25) is 0 Å². The number of aromatic amines is 2. The first-order valence-electron chi connectivity index (χ1n) is 2.89. The van der Waals surface area contributed by atoms with E-state index in [1.54, 1.807) is 12.4 Å². The minimum atomic E-state index is 0.431. The highest BCUT2D eigenvalue weighted by Gasteiger charge is 2.01. The first kappa shape index (κ1) is 5.22. The van der Waals surface area contributed by atoms with E-state index in [0.29, 0.717) is 5.69 Å². The van der Waals surface area contributed by atoms with E-state index in [4.69, 9.17) is 0 Å². The van der Waals surface area contributed by atoms with Crippen LogP contribution in [0.15, 0.2) is 23.6 Å². The summed E-state index contributed by atoms with van der Waals surface area (Å²) >= 11 is 0. The van der Waals surface area contributed by atoms with Crippen molar-refractivity contribution in [2.75, 3.05) is 0 Å². The zero-order chi connectivity index (χ0) is 6.97. The molecule has 0 aromatic carbocycles. The average Bonchev–Trinajstić information content (AvgIpc) is 2.44. The molecule has 0 fully saturated rings. The number of nitrogens with one attached hydrogen (secondary N) is 2. The van der Waals surface area contributed by atoms with Gasteiger partial charge in [0.2, 0.25) is 0 Å². The van der Waals surface area contributed by atoms with Gasteiger partial charge in [-0.2, -0.15) is 0 Å². The number of hydrogen-bond acceptors (Lipinski definition) is 2. The summed E-state index contributed by atoms with van der Waals surface area (Å²) in [6, 6.07) is 1.85. The second-order valence-corrected chi connectivity index (χ2v) is 2.03. The third kappa shape index (κ3) is 0.500. The van der Waals surface area contributed by atoms with Crippen molar-refractivity contribution in [3.63, 3.8) is 0 Å². The van der Waals surface area contributed by atoms with E-state index in [9.17, 15) is 4.91 Å². The number of rotatable bonds is 1. The van der Waals surface area contributed by atoms with Crippen LogP contribution < -0.4 is 0 Å². The number of nitrogens with zero attached hydrogens (tertiary/aromatic N) is 1. The van der Waals surface area contributed by atoms with E-state index in [1.807, 2.05) is 6.07 Å². The number of aromatic nitrogens is 2. The summed E-state index contributed by atoms with van der Waals surface area (Å²) in [5.41, 5.74) is 2.12. The smallest absolute Gasteiger partial charge is 0.149 e. The minimum Gasteiger partial charge on any atom is -0.358 e. The molecule has 4 nitrogen and oxygen atoms in total. The van der Waals surface area contributed by atoms with Crippen molar-refractivity contribution in [1.29, 1.82) is 0 Å². The van der Waals surface area contributed by atoms with Gasteiger partial charge in [0.05, 0.1) is 11.0 Å². The molecule has 0 unspecified atom stereocenters. The quantitative estimate of drug-likeness (QED) is 0.576. The molecule has 2 aromatic heterocycles. The predicted molar refractivity (Wildman–Crippen MR) is 38.1 cm³/mol. The first-order valence-corrected chi connectivity index (χ1v) is 2.89. The van der Waals surface area contributed by atoms with Gasteiger partial charge in [-0.1, -0.05) is 0 Å². The molecule has 2 aromatic rings. The molecule has 0 aliphatic heterocycles. The first-order chi connectivity index (χ1) is 4.92. The van der Waals surface area contributed by atoms with Gasteiger partial charge in [0.25, 0.3) is 0 Å². The second kappa shape index (κ2) is 1.70. The van der Waals surface area contributed by atoms with Gasteiger partial charge in [-0.05, 0) is 11.2 Å². The molecule has 0 aliphatic carbocycles. The monoisotopic (exact) mass is 135 g/mol. The van der Waals surface area contributed by atoms with Gasteiger partial charge >= 0.3 is 0 Å². The fraction of sp³-hybridized carbons (Fsp3) is 0. The zero-order valence-electron chi connectivity index (χ0n) is 5.09. The summed E-state index contributed by atoms with van der Waals surface area (Å²) in [6.07, 6.45) is 3.34. The van der Waals surface area contributed by atoms with E-state index in [-0.39, 0.29) is 0 Å². The van der Waals surface area contributed by atoms with E-state index in [2.05, 4.69) is 15.1 Å². The molecular weight excluding hydrogens is 130 g/mol.